The lowest BCUT2D eigenvalue weighted by Gasteiger charge is -2.08. The summed E-state index contributed by atoms with van der Waals surface area (Å²) in [6, 6.07) is 6.41. The van der Waals surface area contributed by atoms with Gasteiger partial charge in [0.1, 0.15) is 5.75 Å². The normalized spacial score (nSPS) is 11.4. The van der Waals surface area contributed by atoms with E-state index < -0.39 is 27.5 Å². The van der Waals surface area contributed by atoms with Gasteiger partial charge in [0.25, 0.3) is 0 Å². The summed E-state index contributed by atoms with van der Waals surface area (Å²) in [6.45, 7) is 3.83. The van der Waals surface area contributed by atoms with E-state index in [1.54, 1.807) is 26.0 Å². The summed E-state index contributed by atoms with van der Waals surface area (Å²) in [5.41, 5.74) is 0.952. The molecule has 0 aliphatic rings. The number of carboxylic acids is 1. The molecule has 0 atom stereocenters. The average Bonchev–Trinajstić information content (AvgIpc) is 2.36. The number of sulfone groups is 1. The van der Waals surface area contributed by atoms with Crippen LogP contribution in [0.25, 0.3) is 0 Å². The van der Waals surface area contributed by atoms with Gasteiger partial charge in [0, 0.05) is 6.54 Å². The summed E-state index contributed by atoms with van der Waals surface area (Å²) >= 11 is 0. The standard InChI is InChI=1S/C15H21NO5S/c1-11(2)9-22(20,21)10-14(17)16-7-6-12-4-3-5-13(8-12)15(18)19/h3-5,8,11H,6-7,9-10H2,1-2H3,(H,16,17)(H,18,19). The molecule has 0 heterocycles. The zero-order valence-corrected chi connectivity index (χ0v) is 13.5. The number of hydrogen-bond acceptors (Lipinski definition) is 4. The number of benzene rings is 1. The first-order valence-electron chi connectivity index (χ1n) is 6.99. The minimum absolute atomic E-state index is 0.0128. The number of hydrogen-bond donors (Lipinski definition) is 2. The Labute approximate surface area is 130 Å². The van der Waals surface area contributed by atoms with E-state index in [1.807, 2.05) is 0 Å². The van der Waals surface area contributed by atoms with Crippen LogP contribution in [0.1, 0.15) is 29.8 Å². The molecule has 1 aromatic rings. The summed E-state index contributed by atoms with van der Waals surface area (Å²) in [6.07, 6.45) is 0.442. The molecule has 0 saturated heterocycles. The Kier molecular flexibility index (Phi) is 6.55. The van der Waals surface area contributed by atoms with Crippen molar-refractivity contribution in [2.45, 2.75) is 20.3 Å². The highest BCUT2D eigenvalue weighted by Gasteiger charge is 2.17. The quantitative estimate of drug-likeness (QED) is 0.745. The second-order valence-corrected chi connectivity index (χ2v) is 7.66. The molecular weight excluding hydrogens is 306 g/mol. The first-order chi connectivity index (χ1) is 10.2. The third-order valence-corrected chi connectivity index (χ3v) is 4.72. The Morgan fingerprint density at radius 1 is 1.27 bits per heavy atom. The van der Waals surface area contributed by atoms with Crippen LogP contribution in [0.3, 0.4) is 0 Å². The molecule has 0 aliphatic carbocycles. The van der Waals surface area contributed by atoms with E-state index in [-0.39, 0.29) is 23.8 Å². The topological polar surface area (TPSA) is 101 Å². The summed E-state index contributed by atoms with van der Waals surface area (Å²) in [5, 5.41) is 11.4. The maximum atomic E-state index is 11.7. The molecule has 0 saturated carbocycles. The van der Waals surface area contributed by atoms with Crippen molar-refractivity contribution in [3.63, 3.8) is 0 Å². The third kappa shape index (κ3) is 6.71. The van der Waals surface area contributed by atoms with Gasteiger partial charge in [0.2, 0.25) is 5.91 Å². The molecule has 0 radical (unpaired) electrons. The zero-order chi connectivity index (χ0) is 16.8. The number of carbonyl (C=O) groups is 2. The van der Waals surface area contributed by atoms with Crippen LogP contribution in [0.15, 0.2) is 24.3 Å². The van der Waals surface area contributed by atoms with Gasteiger partial charge in [-0.1, -0.05) is 26.0 Å². The van der Waals surface area contributed by atoms with Gasteiger partial charge in [-0.05, 0) is 30.0 Å². The highest BCUT2D eigenvalue weighted by Crippen LogP contribution is 2.06. The maximum absolute atomic E-state index is 11.7. The van der Waals surface area contributed by atoms with Gasteiger partial charge in [0.05, 0.1) is 11.3 Å². The van der Waals surface area contributed by atoms with Crippen LogP contribution < -0.4 is 5.32 Å². The fourth-order valence-electron chi connectivity index (χ4n) is 2.02. The van der Waals surface area contributed by atoms with Crippen LogP contribution in [0.5, 0.6) is 0 Å². The number of aromatic carboxylic acids is 1. The molecule has 0 aliphatic heterocycles. The molecule has 0 aromatic heterocycles. The lowest BCUT2D eigenvalue weighted by molar-refractivity contribution is -0.118. The molecule has 0 unspecified atom stereocenters. The van der Waals surface area contributed by atoms with Crippen LogP contribution >= 0.6 is 0 Å². The first-order valence-corrected chi connectivity index (χ1v) is 8.81. The van der Waals surface area contributed by atoms with Crippen molar-refractivity contribution in [2.75, 3.05) is 18.1 Å². The molecule has 7 heteroatoms. The summed E-state index contributed by atoms with van der Waals surface area (Å²) < 4.78 is 23.4. The minimum Gasteiger partial charge on any atom is -0.478 e. The fraction of sp³-hybridized carbons (Fsp3) is 0.467. The fourth-order valence-corrected chi connectivity index (χ4v) is 3.66. The lowest BCUT2D eigenvalue weighted by atomic mass is 10.1. The first kappa shape index (κ1) is 18.2. The Morgan fingerprint density at radius 3 is 2.55 bits per heavy atom. The highest BCUT2D eigenvalue weighted by molar-refractivity contribution is 7.92. The lowest BCUT2D eigenvalue weighted by Crippen LogP contribution is -2.33. The van der Waals surface area contributed by atoms with E-state index in [0.717, 1.165) is 5.56 Å². The number of amides is 1. The highest BCUT2D eigenvalue weighted by atomic mass is 32.2. The van der Waals surface area contributed by atoms with E-state index in [9.17, 15) is 18.0 Å². The molecule has 1 amide bonds. The van der Waals surface area contributed by atoms with Crippen molar-refractivity contribution in [1.29, 1.82) is 0 Å². The van der Waals surface area contributed by atoms with Crippen LogP contribution in [0.4, 0.5) is 0 Å². The van der Waals surface area contributed by atoms with Gasteiger partial charge in [-0.15, -0.1) is 0 Å². The summed E-state index contributed by atoms with van der Waals surface area (Å²) in [5.74, 6) is -2.08. The van der Waals surface area contributed by atoms with E-state index in [2.05, 4.69) is 5.32 Å². The molecule has 1 aromatic carbocycles. The number of carboxylic acid groups (broad SMARTS) is 1. The zero-order valence-electron chi connectivity index (χ0n) is 12.7. The van der Waals surface area contributed by atoms with Crippen molar-refractivity contribution in [2.24, 2.45) is 5.92 Å². The number of rotatable bonds is 8. The van der Waals surface area contributed by atoms with Crippen LogP contribution in [0.2, 0.25) is 0 Å². The molecule has 0 fully saturated rings. The molecule has 22 heavy (non-hydrogen) atoms. The maximum Gasteiger partial charge on any atom is 0.335 e. The molecule has 0 spiro atoms. The van der Waals surface area contributed by atoms with E-state index in [1.165, 1.54) is 12.1 Å². The Hall–Kier alpha value is -1.89. The van der Waals surface area contributed by atoms with Crippen LogP contribution in [0, 0.1) is 5.92 Å². The molecule has 122 valence electrons. The van der Waals surface area contributed by atoms with Crippen molar-refractivity contribution in [1.82, 2.24) is 5.32 Å². The van der Waals surface area contributed by atoms with Gasteiger partial charge in [-0.2, -0.15) is 0 Å². The van der Waals surface area contributed by atoms with Gasteiger partial charge in [-0.25, -0.2) is 13.2 Å². The molecule has 1 rings (SSSR count). The van der Waals surface area contributed by atoms with Gasteiger partial charge >= 0.3 is 5.97 Å². The monoisotopic (exact) mass is 327 g/mol. The second kappa shape index (κ2) is 7.93. The largest absolute Gasteiger partial charge is 0.478 e. The third-order valence-electron chi connectivity index (χ3n) is 2.85. The Morgan fingerprint density at radius 2 is 1.95 bits per heavy atom. The average molecular weight is 327 g/mol. The van der Waals surface area contributed by atoms with Gasteiger partial charge in [-0.3, -0.25) is 4.79 Å². The van der Waals surface area contributed by atoms with E-state index in [4.69, 9.17) is 5.11 Å². The van der Waals surface area contributed by atoms with Gasteiger partial charge < -0.3 is 10.4 Å². The smallest absolute Gasteiger partial charge is 0.335 e. The molecule has 6 nitrogen and oxygen atoms in total. The van der Waals surface area contributed by atoms with Crippen molar-refractivity contribution in [3.05, 3.63) is 35.4 Å². The number of carbonyl (C=O) groups excluding carboxylic acids is 1. The predicted molar refractivity (Wildman–Crippen MR) is 83.6 cm³/mol. The van der Waals surface area contributed by atoms with Crippen LogP contribution in [-0.2, 0) is 21.1 Å². The van der Waals surface area contributed by atoms with Gasteiger partial charge in [0.15, 0.2) is 9.84 Å². The van der Waals surface area contributed by atoms with Crippen molar-refractivity contribution in [3.8, 4) is 0 Å². The van der Waals surface area contributed by atoms with Crippen LogP contribution in [-0.4, -0.2) is 43.5 Å². The molecule has 0 bridgehead atoms. The second-order valence-electron chi connectivity index (χ2n) is 5.55. The van der Waals surface area contributed by atoms with Crippen molar-refractivity contribution < 1.29 is 23.1 Å². The molecular formula is C15H21NO5S. The van der Waals surface area contributed by atoms with E-state index in [0.29, 0.717) is 6.42 Å². The predicted octanol–water partition coefficient (Wildman–Crippen LogP) is 1.11. The summed E-state index contributed by atoms with van der Waals surface area (Å²) in [4.78, 5) is 22.5. The minimum atomic E-state index is -3.38. The summed E-state index contributed by atoms with van der Waals surface area (Å²) in [7, 11) is -3.38. The number of nitrogens with one attached hydrogen (secondary N) is 1. The Balaban J connectivity index is 2.46. The van der Waals surface area contributed by atoms with E-state index >= 15 is 0 Å². The van der Waals surface area contributed by atoms with Crippen molar-refractivity contribution >= 4 is 21.7 Å². The Bertz CT molecular complexity index is 637. The molecule has 2 N–H and O–H groups in total. The SMILES string of the molecule is CC(C)CS(=O)(=O)CC(=O)NCCc1cccc(C(=O)O)c1.